The van der Waals surface area contributed by atoms with Crippen molar-refractivity contribution in [3.8, 4) is 17.2 Å². The lowest BCUT2D eigenvalue weighted by molar-refractivity contribution is 0.172. The van der Waals surface area contributed by atoms with Crippen LogP contribution in [0.4, 0.5) is 11.6 Å². The van der Waals surface area contributed by atoms with Crippen LogP contribution in [-0.2, 0) is 0 Å². The first-order valence-corrected chi connectivity index (χ1v) is 9.24. The molecular formula is C20H22N4O3. The minimum absolute atomic E-state index is 0.584. The van der Waals surface area contributed by atoms with Gasteiger partial charge in [0.25, 0.3) is 0 Å². The van der Waals surface area contributed by atoms with E-state index in [1.54, 1.807) is 7.11 Å². The summed E-state index contributed by atoms with van der Waals surface area (Å²) in [5.41, 5.74) is 3.02. The van der Waals surface area contributed by atoms with Crippen molar-refractivity contribution in [1.29, 1.82) is 0 Å². The minimum atomic E-state index is 0.584. The first-order chi connectivity index (χ1) is 13.3. The molecule has 0 atom stereocenters. The van der Waals surface area contributed by atoms with Crippen LogP contribution in [0.15, 0.2) is 36.4 Å². The van der Waals surface area contributed by atoms with Gasteiger partial charge in [-0.05, 0) is 12.1 Å². The summed E-state index contributed by atoms with van der Waals surface area (Å²) in [5.74, 6) is 3.37. The van der Waals surface area contributed by atoms with Gasteiger partial charge in [-0.1, -0.05) is 12.1 Å². The SMILES string of the molecule is COc1ccccc1N1CCN(c2nc3cc4c(cc3[nH]2)OCCO4)CC1. The third-order valence-electron chi connectivity index (χ3n) is 5.14. The standard InChI is InChI=1S/C20H22N4O3/c1-25-17-5-3-2-4-16(17)23-6-8-24(9-7-23)20-21-14-12-18-19(13-15(14)22-20)27-11-10-26-18/h2-5,12-13H,6-11H2,1H3,(H,21,22). The molecule has 3 heterocycles. The highest BCUT2D eigenvalue weighted by Crippen LogP contribution is 2.35. The van der Waals surface area contributed by atoms with Gasteiger partial charge in [0.15, 0.2) is 11.5 Å². The lowest BCUT2D eigenvalue weighted by Crippen LogP contribution is -2.47. The maximum absolute atomic E-state index is 5.67. The topological polar surface area (TPSA) is 62.9 Å². The van der Waals surface area contributed by atoms with Crippen molar-refractivity contribution in [2.75, 3.05) is 56.3 Å². The van der Waals surface area contributed by atoms with Gasteiger partial charge in [-0.25, -0.2) is 4.98 Å². The Bertz CT molecular complexity index is 920. The second-order valence-electron chi connectivity index (χ2n) is 6.72. The number of nitrogens with one attached hydrogen (secondary N) is 1. The maximum Gasteiger partial charge on any atom is 0.203 e. The predicted molar refractivity (Wildman–Crippen MR) is 105 cm³/mol. The fourth-order valence-corrected chi connectivity index (χ4v) is 3.73. The summed E-state index contributed by atoms with van der Waals surface area (Å²) >= 11 is 0. The van der Waals surface area contributed by atoms with E-state index < -0.39 is 0 Å². The van der Waals surface area contributed by atoms with Gasteiger partial charge < -0.3 is 29.0 Å². The second-order valence-corrected chi connectivity index (χ2v) is 6.72. The molecule has 0 amide bonds. The average molecular weight is 366 g/mol. The number of H-pyrrole nitrogens is 1. The number of methoxy groups -OCH3 is 1. The summed E-state index contributed by atoms with van der Waals surface area (Å²) in [5, 5.41) is 0. The number of ether oxygens (including phenoxy) is 3. The molecule has 1 saturated heterocycles. The van der Waals surface area contributed by atoms with Crippen LogP contribution in [0.2, 0.25) is 0 Å². The van der Waals surface area contributed by atoms with Crippen LogP contribution in [0.3, 0.4) is 0 Å². The molecule has 1 aromatic heterocycles. The fraction of sp³-hybridized carbons (Fsp3) is 0.350. The van der Waals surface area contributed by atoms with E-state index in [2.05, 4.69) is 26.9 Å². The van der Waals surface area contributed by atoms with Crippen LogP contribution in [0.25, 0.3) is 11.0 Å². The Hall–Kier alpha value is -3.09. The maximum atomic E-state index is 5.67. The van der Waals surface area contributed by atoms with Crippen molar-refractivity contribution in [2.45, 2.75) is 0 Å². The molecule has 27 heavy (non-hydrogen) atoms. The molecule has 0 radical (unpaired) electrons. The molecule has 7 heteroatoms. The second kappa shape index (κ2) is 6.57. The molecule has 2 aliphatic heterocycles. The first kappa shape index (κ1) is 16.1. The highest BCUT2D eigenvalue weighted by atomic mass is 16.6. The summed E-state index contributed by atoms with van der Waals surface area (Å²) in [6, 6.07) is 12.1. The highest BCUT2D eigenvalue weighted by Gasteiger charge is 2.22. The van der Waals surface area contributed by atoms with E-state index in [1.165, 1.54) is 0 Å². The highest BCUT2D eigenvalue weighted by molar-refractivity contribution is 5.82. The fourth-order valence-electron chi connectivity index (χ4n) is 3.73. The van der Waals surface area contributed by atoms with Crippen molar-refractivity contribution < 1.29 is 14.2 Å². The zero-order valence-electron chi connectivity index (χ0n) is 15.3. The molecule has 0 bridgehead atoms. The van der Waals surface area contributed by atoms with Gasteiger partial charge in [0, 0.05) is 38.3 Å². The molecule has 0 spiro atoms. The normalized spacial score (nSPS) is 16.6. The Kier molecular flexibility index (Phi) is 3.92. The van der Waals surface area contributed by atoms with Crippen molar-refractivity contribution in [2.24, 2.45) is 0 Å². The van der Waals surface area contributed by atoms with E-state index in [9.17, 15) is 0 Å². The van der Waals surface area contributed by atoms with Gasteiger partial charge in [-0.2, -0.15) is 0 Å². The third-order valence-corrected chi connectivity index (χ3v) is 5.14. The van der Waals surface area contributed by atoms with E-state index in [-0.39, 0.29) is 0 Å². The third kappa shape index (κ3) is 2.89. The molecule has 0 aliphatic carbocycles. The van der Waals surface area contributed by atoms with Gasteiger partial charge in [-0.3, -0.25) is 0 Å². The Labute approximate surface area is 157 Å². The van der Waals surface area contributed by atoms with Crippen LogP contribution in [0, 0.1) is 0 Å². The number of hydrogen-bond donors (Lipinski definition) is 1. The molecule has 3 aromatic rings. The minimum Gasteiger partial charge on any atom is -0.495 e. The number of hydrogen-bond acceptors (Lipinski definition) is 6. The summed E-state index contributed by atoms with van der Waals surface area (Å²) < 4.78 is 16.8. The lowest BCUT2D eigenvalue weighted by Gasteiger charge is -2.36. The number of rotatable bonds is 3. The van der Waals surface area contributed by atoms with Crippen molar-refractivity contribution in [3.05, 3.63) is 36.4 Å². The van der Waals surface area contributed by atoms with Gasteiger partial charge >= 0.3 is 0 Å². The van der Waals surface area contributed by atoms with Crippen LogP contribution >= 0.6 is 0 Å². The zero-order valence-corrected chi connectivity index (χ0v) is 15.3. The Morgan fingerprint density at radius 3 is 2.44 bits per heavy atom. The molecule has 5 rings (SSSR count). The number of nitrogens with zero attached hydrogens (tertiary/aromatic N) is 3. The molecule has 7 nitrogen and oxygen atoms in total. The van der Waals surface area contributed by atoms with Crippen LogP contribution in [0.5, 0.6) is 17.2 Å². The molecule has 140 valence electrons. The van der Waals surface area contributed by atoms with Crippen LogP contribution in [0.1, 0.15) is 0 Å². The smallest absolute Gasteiger partial charge is 0.203 e. The zero-order chi connectivity index (χ0) is 18.2. The van der Waals surface area contributed by atoms with Crippen LogP contribution in [-0.4, -0.2) is 56.5 Å². The number of fused-ring (bicyclic) bond motifs is 2. The van der Waals surface area contributed by atoms with E-state index in [0.717, 1.165) is 66.1 Å². The summed E-state index contributed by atoms with van der Waals surface area (Å²) in [6.07, 6.45) is 0. The molecule has 1 N–H and O–H groups in total. The Morgan fingerprint density at radius 2 is 1.67 bits per heavy atom. The Balaban J connectivity index is 1.35. The Morgan fingerprint density at radius 1 is 0.963 bits per heavy atom. The van der Waals surface area contributed by atoms with E-state index >= 15 is 0 Å². The van der Waals surface area contributed by atoms with Gasteiger partial charge in [0.1, 0.15) is 19.0 Å². The first-order valence-electron chi connectivity index (χ1n) is 9.24. The largest absolute Gasteiger partial charge is 0.495 e. The quantitative estimate of drug-likeness (QED) is 0.769. The number of imidazole rings is 1. The lowest BCUT2D eigenvalue weighted by atomic mass is 10.2. The number of para-hydroxylation sites is 2. The molecule has 0 unspecified atom stereocenters. The van der Waals surface area contributed by atoms with Crippen molar-refractivity contribution in [1.82, 2.24) is 9.97 Å². The molecule has 0 saturated carbocycles. The number of aromatic nitrogens is 2. The van der Waals surface area contributed by atoms with Gasteiger partial charge in [0.2, 0.25) is 5.95 Å². The number of benzene rings is 2. The number of anilines is 2. The van der Waals surface area contributed by atoms with Gasteiger partial charge in [-0.15, -0.1) is 0 Å². The predicted octanol–water partition coefficient (Wildman–Crippen LogP) is 2.67. The van der Waals surface area contributed by atoms with E-state index in [1.807, 2.05) is 24.3 Å². The monoisotopic (exact) mass is 366 g/mol. The number of aromatic amines is 1. The van der Waals surface area contributed by atoms with Crippen LogP contribution < -0.4 is 24.0 Å². The average Bonchev–Trinajstić information content (AvgIpc) is 3.15. The summed E-state index contributed by atoms with van der Waals surface area (Å²) in [6.45, 7) is 4.79. The molecule has 1 fully saturated rings. The van der Waals surface area contributed by atoms with Crippen molar-refractivity contribution >= 4 is 22.7 Å². The van der Waals surface area contributed by atoms with Crippen molar-refractivity contribution in [3.63, 3.8) is 0 Å². The van der Waals surface area contributed by atoms with Gasteiger partial charge in [0.05, 0.1) is 23.8 Å². The molecular weight excluding hydrogens is 344 g/mol. The number of piperazine rings is 1. The van der Waals surface area contributed by atoms with E-state index in [0.29, 0.717) is 13.2 Å². The summed E-state index contributed by atoms with van der Waals surface area (Å²) in [4.78, 5) is 12.8. The van der Waals surface area contributed by atoms with E-state index in [4.69, 9.17) is 19.2 Å². The summed E-state index contributed by atoms with van der Waals surface area (Å²) in [7, 11) is 1.72. The molecule has 2 aromatic carbocycles. The molecule has 2 aliphatic rings.